The van der Waals surface area contributed by atoms with Crippen molar-refractivity contribution < 1.29 is 30.7 Å². The molecule has 0 fully saturated rings. The molecule has 0 N–H and O–H groups in total. The van der Waals surface area contributed by atoms with Gasteiger partial charge in [0.1, 0.15) is 0 Å². The summed E-state index contributed by atoms with van der Waals surface area (Å²) < 4.78 is 0. The third-order valence-corrected chi connectivity index (χ3v) is 2.24. The van der Waals surface area contributed by atoms with Gasteiger partial charge in [-0.3, -0.25) is 11.3 Å². The molecule has 6 heteroatoms. The summed E-state index contributed by atoms with van der Waals surface area (Å²) in [6.07, 6.45) is 1.75. The zero-order valence-electron chi connectivity index (χ0n) is 11.7. The second-order valence-corrected chi connectivity index (χ2v) is 3.67. The predicted octanol–water partition coefficient (Wildman–Crippen LogP) is 0.537. The van der Waals surface area contributed by atoms with Gasteiger partial charge in [0, 0.05) is 14.0 Å². The minimum Gasteiger partial charge on any atom is -0.522 e. The number of nitrogens with zero attached hydrogens (tertiary/aromatic N) is 3. The average Bonchev–Trinajstić information content (AvgIpc) is 2.26. The average molecular weight is 413 g/mol. The van der Waals surface area contributed by atoms with Crippen molar-refractivity contribution in [2.75, 3.05) is 28.2 Å². The molecule has 1 unspecified atom stereocenters. The monoisotopic (exact) mass is 413 g/mol. The molecule has 0 aliphatic heterocycles. The zero-order valence-corrected chi connectivity index (χ0v) is 14.7. The largest absolute Gasteiger partial charge is 2.00 e. The molecule has 0 spiro atoms. The maximum Gasteiger partial charge on any atom is 2.00 e. The van der Waals surface area contributed by atoms with E-state index >= 15 is 0 Å². The Hall–Kier alpha value is -0.412. The van der Waals surface area contributed by atoms with Crippen LogP contribution in [0, 0.1) is 6.54 Å². The van der Waals surface area contributed by atoms with Crippen LogP contribution in [0.3, 0.4) is 0 Å². The van der Waals surface area contributed by atoms with Gasteiger partial charge in [0.15, 0.2) is 0 Å². The summed E-state index contributed by atoms with van der Waals surface area (Å²) in [6.45, 7) is 7.45. The third kappa shape index (κ3) is 11.8. The Kier molecular flexibility index (Phi) is 15.5. The van der Waals surface area contributed by atoms with Crippen molar-refractivity contribution in [3.05, 3.63) is 6.54 Å². The second kappa shape index (κ2) is 12.1. The van der Waals surface area contributed by atoms with E-state index in [9.17, 15) is 9.59 Å². The van der Waals surface area contributed by atoms with E-state index in [2.05, 4.69) is 0 Å². The summed E-state index contributed by atoms with van der Waals surface area (Å²) in [5, 5.41) is 0. The molecule has 0 heterocycles. The number of rotatable bonds is 4. The van der Waals surface area contributed by atoms with Gasteiger partial charge in [-0.15, -0.1) is 0 Å². The molecule has 0 aromatic carbocycles. The molecule has 2 amide bonds. The zero-order chi connectivity index (χ0) is 13.3. The summed E-state index contributed by atoms with van der Waals surface area (Å²) in [7, 11) is 7.01. The van der Waals surface area contributed by atoms with Crippen molar-refractivity contribution in [1.82, 2.24) is 14.7 Å². The predicted molar refractivity (Wildman–Crippen MR) is 65.0 cm³/mol. The molecule has 0 bridgehead atoms. The first-order valence-electron chi connectivity index (χ1n) is 5.07. The van der Waals surface area contributed by atoms with Gasteiger partial charge in [0.05, 0.1) is 6.17 Å². The number of hydrogen-bond donors (Lipinski definition) is 0. The fourth-order valence-electron chi connectivity index (χ4n) is 0.752. The van der Waals surface area contributed by atoms with Crippen molar-refractivity contribution >= 4 is 12.3 Å². The van der Waals surface area contributed by atoms with E-state index < -0.39 is 0 Å². The Bertz CT molecular complexity index is 213. The van der Waals surface area contributed by atoms with Crippen molar-refractivity contribution in [3.63, 3.8) is 0 Å². The normalized spacial score (nSPS) is 10.6. The summed E-state index contributed by atoms with van der Waals surface area (Å²) in [5.41, 5.74) is 0. The number of hydrogen-bond acceptors (Lipinski definition) is 3. The molecule has 100 valence electrons. The van der Waals surface area contributed by atoms with E-state index in [1.165, 1.54) is 4.90 Å². The summed E-state index contributed by atoms with van der Waals surface area (Å²) in [4.78, 5) is 25.2. The summed E-state index contributed by atoms with van der Waals surface area (Å²) >= 11 is 0. The first-order valence-corrected chi connectivity index (χ1v) is 5.07. The molecule has 0 rings (SSSR count). The molecule has 5 nitrogen and oxygen atoms in total. The number of carbonyl (C=O) groups is 1. The topological polar surface area (TPSA) is 43.9 Å². The van der Waals surface area contributed by atoms with Crippen LogP contribution in [0.15, 0.2) is 0 Å². The Balaban J connectivity index is -0.000000280. The summed E-state index contributed by atoms with van der Waals surface area (Å²) in [5.74, 6) is 0.0891. The standard InChI is InChI=1S/C8H17N2O.C3H6NO.W/c1-6-9(4)7(2)10(5)8(3)11;1-4(2)3-5;/h6-7H,1-5H3;1-2H3;/q2*-1;+2. The van der Waals surface area contributed by atoms with E-state index in [0.29, 0.717) is 0 Å². The first-order chi connectivity index (χ1) is 7.27. The van der Waals surface area contributed by atoms with Crippen LogP contribution >= 0.6 is 0 Å². The Labute approximate surface area is 119 Å². The minimum absolute atomic E-state index is 0. The maximum absolute atomic E-state index is 10.9. The van der Waals surface area contributed by atoms with Gasteiger partial charge in [-0.05, 0) is 28.1 Å². The van der Waals surface area contributed by atoms with E-state index in [1.54, 1.807) is 39.4 Å². The molecule has 17 heavy (non-hydrogen) atoms. The fraction of sp³-hybridized carbons (Fsp3) is 0.727. The van der Waals surface area contributed by atoms with E-state index in [1.807, 2.05) is 32.3 Å². The smallest absolute Gasteiger partial charge is 0.522 e. The molecule has 0 saturated heterocycles. The maximum atomic E-state index is 10.9. The summed E-state index contributed by atoms with van der Waals surface area (Å²) in [6, 6.07) is 0. The van der Waals surface area contributed by atoms with Gasteiger partial charge < -0.3 is 19.5 Å². The Morgan fingerprint density at radius 2 is 1.59 bits per heavy atom. The minimum atomic E-state index is 0. The van der Waals surface area contributed by atoms with Crippen molar-refractivity contribution in [1.29, 1.82) is 0 Å². The van der Waals surface area contributed by atoms with Crippen molar-refractivity contribution in [2.24, 2.45) is 0 Å². The van der Waals surface area contributed by atoms with Crippen LogP contribution in [-0.2, 0) is 30.7 Å². The third-order valence-electron chi connectivity index (χ3n) is 2.24. The molecule has 0 saturated carbocycles. The van der Waals surface area contributed by atoms with Crippen LogP contribution in [-0.4, -0.2) is 61.4 Å². The quantitative estimate of drug-likeness (QED) is 0.384. The number of amides is 2. The Morgan fingerprint density at radius 1 is 1.24 bits per heavy atom. The van der Waals surface area contributed by atoms with Crippen molar-refractivity contribution in [3.8, 4) is 0 Å². The molecular formula is C11H23N3O2W. The van der Waals surface area contributed by atoms with Gasteiger partial charge in [-0.2, -0.15) is 13.3 Å². The van der Waals surface area contributed by atoms with E-state index in [-0.39, 0.29) is 33.1 Å². The van der Waals surface area contributed by atoms with Crippen molar-refractivity contribution in [2.45, 2.75) is 26.9 Å². The number of carbonyl (C=O) groups excluding carboxylic acids is 2. The van der Waals surface area contributed by atoms with Gasteiger partial charge in [-0.1, -0.05) is 0 Å². The van der Waals surface area contributed by atoms with E-state index in [0.717, 1.165) is 0 Å². The van der Waals surface area contributed by atoms with Crippen LogP contribution in [0.2, 0.25) is 0 Å². The van der Waals surface area contributed by atoms with Gasteiger partial charge in [0.2, 0.25) is 5.91 Å². The van der Waals surface area contributed by atoms with Gasteiger partial charge in [-0.25, -0.2) is 0 Å². The van der Waals surface area contributed by atoms with Gasteiger partial charge in [0.25, 0.3) is 0 Å². The molecule has 0 aliphatic rings. The molecule has 0 aliphatic carbocycles. The first kappa shape index (κ1) is 21.8. The van der Waals surface area contributed by atoms with Crippen LogP contribution < -0.4 is 0 Å². The molecular weight excluding hydrogens is 390 g/mol. The molecule has 0 aromatic rings. The fourth-order valence-corrected chi connectivity index (χ4v) is 0.752. The van der Waals surface area contributed by atoms with Crippen LogP contribution in [0.1, 0.15) is 20.8 Å². The molecule has 1 atom stereocenters. The molecule has 0 radical (unpaired) electrons. The second-order valence-electron chi connectivity index (χ2n) is 3.67. The van der Waals surface area contributed by atoms with E-state index in [4.69, 9.17) is 0 Å². The van der Waals surface area contributed by atoms with Crippen LogP contribution in [0.4, 0.5) is 0 Å². The van der Waals surface area contributed by atoms with Crippen LogP contribution in [0.5, 0.6) is 0 Å². The van der Waals surface area contributed by atoms with Gasteiger partial charge >= 0.3 is 21.1 Å². The van der Waals surface area contributed by atoms with Crippen LogP contribution in [0.25, 0.3) is 0 Å². The molecule has 0 aromatic heterocycles. The SMILES string of the molecule is CN(C)[C-]=O.C[CH-]N(C)C(C)N(C)C(C)=O.[W+2]. The Morgan fingerprint density at radius 3 is 1.76 bits per heavy atom.